The Kier molecular flexibility index (Phi) is 4.82. The number of morpholine rings is 1. The highest BCUT2D eigenvalue weighted by Crippen LogP contribution is 2.20. The fourth-order valence-corrected chi connectivity index (χ4v) is 2.59. The van der Waals surface area contributed by atoms with Gasteiger partial charge in [0.05, 0.1) is 12.7 Å². The first-order chi connectivity index (χ1) is 9.10. The van der Waals surface area contributed by atoms with Crippen molar-refractivity contribution in [3.8, 4) is 0 Å². The number of carbonyl (C=O) groups is 1. The molecule has 104 valence electrons. The zero-order valence-electron chi connectivity index (χ0n) is 11.3. The maximum atomic E-state index is 12.2. The van der Waals surface area contributed by atoms with Crippen molar-refractivity contribution in [2.75, 3.05) is 25.0 Å². The van der Waals surface area contributed by atoms with Gasteiger partial charge >= 0.3 is 6.03 Å². The van der Waals surface area contributed by atoms with E-state index < -0.39 is 0 Å². The predicted molar refractivity (Wildman–Crippen MR) is 79.5 cm³/mol. The molecule has 0 aromatic heterocycles. The molecular weight excluding hydrogens is 308 g/mol. The number of nitrogens with one attached hydrogen (secondary N) is 1. The van der Waals surface area contributed by atoms with Crippen molar-refractivity contribution in [3.05, 3.63) is 28.2 Å². The van der Waals surface area contributed by atoms with E-state index in [1.807, 2.05) is 30.0 Å². The molecule has 1 N–H and O–H groups in total. The minimum absolute atomic E-state index is 0.0489. The minimum atomic E-state index is -0.0489. The first-order valence-corrected chi connectivity index (χ1v) is 7.33. The third-order valence-corrected chi connectivity index (χ3v) is 3.80. The second kappa shape index (κ2) is 6.39. The molecule has 1 fully saturated rings. The molecule has 0 aliphatic carbocycles. The van der Waals surface area contributed by atoms with Crippen molar-refractivity contribution in [1.29, 1.82) is 0 Å². The van der Waals surface area contributed by atoms with Crippen LogP contribution in [0.1, 0.15) is 18.9 Å². The fourth-order valence-electron chi connectivity index (χ4n) is 2.11. The lowest BCUT2D eigenvalue weighted by molar-refractivity contribution is -0.0134. The Hall–Kier alpha value is -1.07. The van der Waals surface area contributed by atoms with Gasteiger partial charge in [0.25, 0.3) is 0 Å². The highest BCUT2D eigenvalue weighted by molar-refractivity contribution is 9.10. The van der Waals surface area contributed by atoms with Gasteiger partial charge in [-0.1, -0.05) is 22.9 Å². The van der Waals surface area contributed by atoms with E-state index in [9.17, 15) is 4.79 Å². The SMILES string of the molecule is CC[C@@H]1CN(C(=O)Nc2ccc(Br)cc2C)CCO1. The van der Waals surface area contributed by atoms with Crippen LogP contribution in [0.3, 0.4) is 0 Å². The summed E-state index contributed by atoms with van der Waals surface area (Å²) in [5, 5.41) is 2.96. The van der Waals surface area contributed by atoms with Crippen LogP contribution in [-0.4, -0.2) is 36.7 Å². The number of amides is 2. The number of hydrogen-bond acceptors (Lipinski definition) is 2. The van der Waals surface area contributed by atoms with E-state index in [1.54, 1.807) is 0 Å². The summed E-state index contributed by atoms with van der Waals surface area (Å²) in [6.45, 7) is 5.99. The number of benzene rings is 1. The van der Waals surface area contributed by atoms with Crippen LogP contribution in [0.4, 0.5) is 10.5 Å². The molecule has 0 saturated carbocycles. The number of ether oxygens (including phenoxy) is 1. The minimum Gasteiger partial charge on any atom is -0.375 e. The Morgan fingerprint density at radius 1 is 1.58 bits per heavy atom. The summed E-state index contributed by atoms with van der Waals surface area (Å²) in [5.41, 5.74) is 1.90. The highest BCUT2D eigenvalue weighted by atomic mass is 79.9. The van der Waals surface area contributed by atoms with E-state index in [1.165, 1.54) is 0 Å². The van der Waals surface area contributed by atoms with Crippen LogP contribution in [0.5, 0.6) is 0 Å². The Morgan fingerprint density at radius 2 is 2.37 bits per heavy atom. The molecule has 0 radical (unpaired) electrons. The molecule has 1 heterocycles. The lowest BCUT2D eigenvalue weighted by Crippen LogP contribution is -2.47. The van der Waals surface area contributed by atoms with Crippen molar-refractivity contribution in [2.45, 2.75) is 26.4 Å². The largest absolute Gasteiger partial charge is 0.375 e. The number of halogens is 1. The molecule has 19 heavy (non-hydrogen) atoms. The molecule has 5 heteroatoms. The van der Waals surface area contributed by atoms with Crippen molar-refractivity contribution < 1.29 is 9.53 Å². The maximum absolute atomic E-state index is 12.2. The van der Waals surface area contributed by atoms with Gasteiger partial charge in [-0.25, -0.2) is 4.79 Å². The molecule has 1 saturated heterocycles. The van der Waals surface area contributed by atoms with E-state index in [-0.39, 0.29) is 12.1 Å². The molecule has 1 atom stereocenters. The van der Waals surface area contributed by atoms with Gasteiger partial charge in [0.15, 0.2) is 0 Å². The molecule has 1 aromatic rings. The van der Waals surface area contributed by atoms with Gasteiger partial charge in [0.2, 0.25) is 0 Å². The quantitative estimate of drug-likeness (QED) is 0.904. The zero-order valence-corrected chi connectivity index (χ0v) is 12.9. The predicted octanol–water partition coefficient (Wildman–Crippen LogP) is 3.40. The topological polar surface area (TPSA) is 41.6 Å². The first-order valence-electron chi connectivity index (χ1n) is 6.54. The monoisotopic (exact) mass is 326 g/mol. The molecule has 4 nitrogen and oxygen atoms in total. The Balaban J connectivity index is 2.00. The number of hydrogen-bond donors (Lipinski definition) is 1. The summed E-state index contributed by atoms with van der Waals surface area (Å²) in [6, 6.07) is 5.78. The number of carbonyl (C=O) groups excluding carboxylic acids is 1. The molecular formula is C14H19BrN2O2. The summed E-state index contributed by atoms with van der Waals surface area (Å²) >= 11 is 3.42. The first kappa shape index (κ1) is 14.3. The summed E-state index contributed by atoms with van der Waals surface area (Å²) in [5.74, 6) is 0. The van der Waals surface area contributed by atoms with Crippen LogP contribution in [0.2, 0.25) is 0 Å². The van der Waals surface area contributed by atoms with Gasteiger partial charge in [-0.05, 0) is 37.1 Å². The average molecular weight is 327 g/mol. The number of aryl methyl sites for hydroxylation is 1. The number of rotatable bonds is 2. The van der Waals surface area contributed by atoms with Crippen molar-refractivity contribution in [3.63, 3.8) is 0 Å². The van der Waals surface area contributed by atoms with Crippen LogP contribution >= 0.6 is 15.9 Å². The third kappa shape index (κ3) is 3.70. The summed E-state index contributed by atoms with van der Waals surface area (Å²) in [6.07, 6.45) is 1.09. The van der Waals surface area contributed by atoms with E-state index in [0.29, 0.717) is 19.7 Å². The smallest absolute Gasteiger partial charge is 0.322 e. The standard InChI is InChI=1S/C14H19BrN2O2/c1-3-12-9-17(6-7-19-12)14(18)16-13-5-4-11(15)8-10(13)2/h4-5,8,12H,3,6-7,9H2,1-2H3,(H,16,18)/t12-/m1/s1. The van der Waals surface area contributed by atoms with E-state index >= 15 is 0 Å². The van der Waals surface area contributed by atoms with E-state index in [0.717, 1.165) is 22.1 Å². The lowest BCUT2D eigenvalue weighted by atomic mass is 10.2. The molecule has 0 unspecified atom stereocenters. The Morgan fingerprint density at radius 3 is 3.05 bits per heavy atom. The van der Waals surface area contributed by atoms with Crippen molar-refractivity contribution >= 4 is 27.6 Å². The second-order valence-corrected chi connectivity index (χ2v) is 5.65. The van der Waals surface area contributed by atoms with Gasteiger partial charge in [-0.15, -0.1) is 0 Å². The molecule has 2 amide bonds. The molecule has 1 aliphatic rings. The summed E-state index contributed by atoms with van der Waals surface area (Å²) in [7, 11) is 0. The summed E-state index contributed by atoms with van der Waals surface area (Å²) in [4.78, 5) is 14.0. The number of anilines is 1. The van der Waals surface area contributed by atoms with Crippen LogP contribution in [0, 0.1) is 6.92 Å². The zero-order chi connectivity index (χ0) is 13.8. The van der Waals surface area contributed by atoms with Gasteiger partial charge < -0.3 is 15.0 Å². The van der Waals surface area contributed by atoms with Gasteiger partial charge in [-0.3, -0.25) is 0 Å². The lowest BCUT2D eigenvalue weighted by Gasteiger charge is -2.32. The molecule has 2 rings (SSSR count). The number of urea groups is 1. The van der Waals surface area contributed by atoms with Crippen LogP contribution in [0.15, 0.2) is 22.7 Å². The van der Waals surface area contributed by atoms with Crippen LogP contribution in [0.25, 0.3) is 0 Å². The van der Waals surface area contributed by atoms with Gasteiger partial charge in [-0.2, -0.15) is 0 Å². The van der Waals surface area contributed by atoms with Crippen LogP contribution < -0.4 is 5.32 Å². The maximum Gasteiger partial charge on any atom is 0.322 e. The van der Waals surface area contributed by atoms with Gasteiger partial charge in [0, 0.05) is 23.2 Å². The molecule has 0 bridgehead atoms. The fraction of sp³-hybridized carbons (Fsp3) is 0.500. The van der Waals surface area contributed by atoms with Crippen molar-refractivity contribution in [1.82, 2.24) is 4.90 Å². The van der Waals surface area contributed by atoms with Gasteiger partial charge in [0.1, 0.15) is 0 Å². The number of nitrogens with zero attached hydrogens (tertiary/aromatic N) is 1. The van der Waals surface area contributed by atoms with E-state index in [2.05, 4.69) is 28.2 Å². The van der Waals surface area contributed by atoms with E-state index in [4.69, 9.17) is 4.74 Å². The summed E-state index contributed by atoms with van der Waals surface area (Å²) < 4.78 is 6.58. The molecule has 1 aliphatic heterocycles. The van der Waals surface area contributed by atoms with Crippen LogP contribution in [-0.2, 0) is 4.74 Å². The molecule has 1 aromatic carbocycles. The third-order valence-electron chi connectivity index (χ3n) is 3.31. The Bertz CT molecular complexity index is 465. The Labute approximate surface area is 122 Å². The normalized spacial score (nSPS) is 19.3. The average Bonchev–Trinajstić information content (AvgIpc) is 2.42. The second-order valence-electron chi connectivity index (χ2n) is 4.74. The molecule has 0 spiro atoms. The van der Waals surface area contributed by atoms with Crippen molar-refractivity contribution in [2.24, 2.45) is 0 Å². The highest BCUT2D eigenvalue weighted by Gasteiger charge is 2.23.